The van der Waals surface area contributed by atoms with Crippen molar-refractivity contribution < 1.29 is 0 Å². The van der Waals surface area contributed by atoms with E-state index < -0.39 is 0 Å². The van der Waals surface area contributed by atoms with E-state index in [4.69, 9.17) is 0 Å². The molecule has 1 aliphatic carbocycles. The van der Waals surface area contributed by atoms with Crippen molar-refractivity contribution in [1.82, 2.24) is 5.32 Å². The Labute approximate surface area is 67.0 Å². The van der Waals surface area contributed by atoms with Gasteiger partial charge in [-0.1, -0.05) is 18.2 Å². The van der Waals surface area contributed by atoms with Crippen LogP contribution in [0.5, 0.6) is 0 Å². The Balaban J connectivity index is 2.77. The standard InChI is InChI=1S/C9H12N2/c1-10-6-8-4-3-5-9(8)7-11-2/h3-7,10H,1-2H3/b8-6-,11-7?. The topological polar surface area (TPSA) is 24.4 Å². The molecule has 0 heterocycles. The van der Waals surface area contributed by atoms with Crippen LogP contribution in [0.15, 0.2) is 40.6 Å². The minimum absolute atomic E-state index is 1.15. The second kappa shape index (κ2) is 3.76. The van der Waals surface area contributed by atoms with Gasteiger partial charge in [-0.05, 0) is 5.57 Å². The first-order valence-corrected chi connectivity index (χ1v) is 3.57. The molecule has 0 saturated carbocycles. The van der Waals surface area contributed by atoms with Crippen LogP contribution in [0.3, 0.4) is 0 Å². The maximum absolute atomic E-state index is 3.95. The number of nitrogens with one attached hydrogen (secondary N) is 1. The SMILES string of the molecule is CN=CC1=CC=C/C1=C/NC. The highest BCUT2D eigenvalue weighted by molar-refractivity contribution is 5.87. The van der Waals surface area contributed by atoms with Gasteiger partial charge in [-0.15, -0.1) is 0 Å². The van der Waals surface area contributed by atoms with Crippen LogP contribution in [-0.2, 0) is 0 Å². The molecule has 0 bridgehead atoms. The Morgan fingerprint density at radius 2 is 2.36 bits per heavy atom. The molecular formula is C9H12N2. The molecule has 2 nitrogen and oxygen atoms in total. The van der Waals surface area contributed by atoms with Crippen molar-refractivity contribution in [2.24, 2.45) is 4.99 Å². The van der Waals surface area contributed by atoms with Crippen molar-refractivity contribution in [1.29, 1.82) is 0 Å². The highest BCUT2D eigenvalue weighted by atomic mass is 14.8. The third kappa shape index (κ3) is 1.80. The molecule has 0 radical (unpaired) electrons. The fourth-order valence-electron chi connectivity index (χ4n) is 0.992. The summed E-state index contributed by atoms with van der Waals surface area (Å²) in [6.45, 7) is 0. The van der Waals surface area contributed by atoms with Crippen LogP contribution in [-0.4, -0.2) is 20.3 Å². The van der Waals surface area contributed by atoms with Crippen molar-refractivity contribution >= 4 is 6.21 Å². The lowest BCUT2D eigenvalue weighted by Gasteiger charge is -1.96. The fraction of sp³-hybridized carbons (Fsp3) is 0.222. The number of allylic oxidation sites excluding steroid dienone is 5. The molecular weight excluding hydrogens is 136 g/mol. The summed E-state index contributed by atoms with van der Waals surface area (Å²) in [4.78, 5) is 3.95. The van der Waals surface area contributed by atoms with E-state index in [0.717, 1.165) is 5.57 Å². The Hall–Kier alpha value is -1.31. The summed E-state index contributed by atoms with van der Waals surface area (Å²) in [6, 6.07) is 0. The van der Waals surface area contributed by atoms with Crippen LogP contribution >= 0.6 is 0 Å². The monoisotopic (exact) mass is 148 g/mol. The van der Waals surface area contributed by atoms with E-state index in [1.165, 1.54) is 5.57 Å². The van der Waals surface area contributed by atoms with E-state index >= 15 is 0 Å². The Bertz CT molecular complexity index is 244. The van der Waals surface area contributed by atoms with Gasteiger partial charge in [0.25, 0.3) is 0 Å². The van der Waals surface area contributed by atoms with Gasteiger partial charge >= 0.3 is 0 Å². The average molecular weight is 148 g/mol. The van der Waals surface area contributed by atoms with Crippen molar-refractivity contribution in [2.75, 3.05) is 14.1 Å². The van der Waals surface area contributed by atoms with Gasteiger partial charge in [0, 0.05) is 32.1 Å². The Morgan fingerprint density at radius 1 is 1.55 bits per heavy atom. The lowest BCUT2D eigenvalue weighted by molar-refractivity contribution is 1.09. The van der Waals surface area contributed by atoms with Gasteiger partial charge in [0.2, 0.25) is 0 Å². The highest BCUT2D eigenvalue weighted by Gasteiger charge is 2.01. The van der Waals surface area contributed by atoms with E-state index in [1.54, 1.807) is 7.05 Å². The fourth-order valence-corrected chi connectivity index (χ4v) is 0.992. The summed E-state index contributed by atoms with van der Waals surface area (Å²) in [6.07, 6.45) is 9.91. The molecule has 1 N–H and O–H groups in total. The normalized spacial score (nSPS) is 19.8. The third-order valence-corrected chi connectivity index (χ3v) is 1.45. The molecule has 58 valence electrons. The molecule has 0 saturated heterocycles. The molecule has 0 aromatic heterocycles. The molecule has 0 unspecified atom stereocenters. The molecule has 0 amide bonds. The zero-order chi connectivity index (χ0) is 8.10. The quantitative estimate of drug-likeness (QED) is 0.586. The summed E-state index contributed by atoms with van der Waals surface area (Å²) in [5.74, 6) is 0. The maximum Gasteiger partial charge on any atom is 0.0287 e. The molecule has 1 aliphatic rings. The van der Waals surface area contributed by atoms with Crippen LogP contribution in [0.4, 0.5) is 0 Å². The number of hydrogen-bond acceptors (Lipinski definition) is 2. The summed E-state index contributed by atoms with van der Waals surface area (Å²) in [7, 11) is 3.66. The van der Waals surface area contributed by atoms with E-state index in [2.05, 4.69) is 10.3 Å². The van der Waals surface area contributed by atoms with Crippen molar-refractivity contribution in [3.8, 4) is 0 Å². The van der Waals surface area contributed by atoms with Gasteiger partial charge < -0.3 is 5.32 Å². The largest absolute Gasteiger partial charge is 0.393 e. The lowest BCUT2D eigenvalue weighted by Crippen LogP contribution is -1.96. The summed E-state index contributed by atoms with van der Waals surface area (Å²) < 4.78 is 0. The summed E-state index contributed by atoms with van der Waals surface area (Å²) >= 11 is 0. The first kappa shape index (κ1) is 7.79. The van der Waals surface area contributed by atoms with E-state index in [1.807, 2.05) is 37.7 Å². The van der Waals surface area contributed by atoms with Crippen LogP contribution < -0.4 is 5.32 Å². The number of aliphatic imine (C=N–C) groups is 1. The Kier molecular flexibility index (Phi) is 2.66. The number of hydrogen-bond donors (Lipinski definition) is 1. The minimum atomic E-state index is 1.15. The second-order valence-electron chi connectivity index (χ2n) is 2.26. The molecule has 0 atom stereocenters. The van der Waals surface area contributed by atoms with Crippen LogP contribution in [0.2, 0.25) is 0 Å². The zero-order valence-corrected chi connectivity index (χ0v) is 6.83. The van der Waals surface area contributed by atoms with Gasteiger partial charge in [0.15, 0.2) is 0 Å². The van der Waals surface area contributed by atoms with Crippen LogP contribution in [0.25, 0.3) is 0 Å². The first-order valence-electron chi connectivity index (χ1n) is 3.57. The lowest BCUT2D eigenvalue weighted by atomic mass is 10.2. The van der Waals surface area contributed by atoms with Crippen molar-refractivity contribution in [3.63, 3.8) is 0 Å². The number of rotatable bonds is 2. The molecule has 0 fully saturated rings. The molecule has 2 heteroatoms. The van der Waals surface area contributed by atoms with Gasteiger partial charge in [-0.25, -0.2) is 0 Å². The smallest absolute Gasteiger partial charge is 0.0287 e. The maximum atomic E-state index is 3.95. The van der Waals surface area contributed by atoms with Gasteiger partial charge in [-0.3, -0.25) is 4.99 Å². The Morgan fingerprint density at radius 3 is 3.00 bits per heavy atom. The van der Waals surface area contributed by atoms with E-state index in [-0.39, 0.29) is 0 Å². The summed E-state index contributed by atoms with van der Waals surface area (Å²) in [5.41, 5.74) is 2.33. The predicted molar refractivity (Wildman–Crippen MR) is 48.8 cm³/mol. The van der Waals surface area contributed by atoms with Crippen molar-refractivity contribution in [3.05, 3.63) is 35.6 Å². The van der Waals surface area contributed by atoms with Crippen molar-refractivity contribution in [2.45, 2.75) is 0 Å². The summed E-state index contributed by atoms with van der Waals surface area (Å²) in [5, 5.41) is 2.98. The van der Waals surface area contributed by atoms with Crippen LogP contribution in [0.1, 0.15) is 0 Å². The molecule has 0 spiro atoms. The second-order valence-corrected chi connectivity index (χ2v) is 2.26. The predicted octanol–water partition coefficient (Wildman–Crippen LogP) is 1.29. The zero-order valence-electron chi connectivity index (χ0n) is 6.83. The first-order chi connectivity index (χ1) is 5.38. The third-order valence-electron chi connectivity index (χ3n) is 1.45. The van der Waals surface area contributed by atoms with Gasteiger partial charge in [0.05, 0.1) is 0 Å². The van der Waals surface area contributed by atoms with E-state index in [9.17, 15) is 0 Å². The average Bonchev–Trinajstić information content (AvgIpc) is 2.39. The van der Waals surface area contributed by atoms with Gasteiger partial charge in [-0.2, -0.15) is 0 Å². The molecule has 0 aromatic carbocycles. The van der Waals surface area contributed by atoms with E-state index in [0.29, 0.717) is 0 Å². The van der Waals surface area contributed by atoms with Gasteiger partial charge in [0.1, 0.15) is 0 Å². The van der Waals surface area contributed by atoms with Crippen LogP contribution in [0, 0.1) is 0 Å². The molecule has 11 heavy (non-hydrogen) atoms. The molecule has 0 aromatic rings. The number of nitrogens with zero attached hydrogens (tertiary/aromatic N) is 1. The minimum Gasteiger partial charge on any atom is -0.393 e. The molecule has 0 aliphatic heterocycles. The highest BCUT2D eigenvalue weighted by Crippen LogP contribution is 2.14. The molecule has 1 rings (SSSR count).